The summed E-state index contributed by atoms with van der Waals surface area (Å²) in [6, 6.07) is 3.91. The van der Waals surface area contributed by atoms with Gasteiger partial charge in [0.25, 0.3) is 0 Å². The molecule has 0 aliphatic heterocycles. The number of aryl methyl sites for hydroxylation is 1. The van der Waals surface area contributed by atoms with Crippen LogP contribution in [0.4, 0.5) is 5.82 Å². The molecule has 1 heterocycles. The lowest BCUT2D eigenvalue weighted by atomic mass is 10.2. The fourth-order valence-corrected chi connectivity index (χ4v) is 1.14. The van der Waals surface area contributed by atoms with Crippen LogP contribution in [0.3, 0.4) is 0 Å². The first kappa shape index (κ1) is 10.9. The Bertz CT molecular complexity index is 248. The molecule has 14 heavy (non-hydrogen) atoms. The van der Waals surface area contributed by atoms with Crippen molar-refractivity contribution in [3.05, 3.63) is 17.8 Å². The number of aliphatic hydroxyl groups excluding tert-OH is 1. The zero-order chi connectivity index (χ0) is 10.2. The molecule has 0 aliphatic rings. The van der Waals surface area contributed by atoms with E-state index in [1.807, 2.05) is 12.1 Å². The van der Waals surface area contributed by atoms with Gasteiger partial charge in [-0.1, -0.05) is 13.3 Å². The molecule has 0 atom stereocenters. The third-order valence-electron chi connectivity index (χ3n) is 1.87. The fraction of sp³-hybridized carbons (Fsp3) is 0.600. The normalized spacial score (nSPS) is 10.1. The highest BCUT2D eigenvalue weighted by molar-refractivity contribution is 5.32. The van der Waals surface area contributed by atoms with Crippen LogP contribution in [0.5, 0.6) is 0 Å². The summed E-state index contributed by atoms with van der Waals surface area (Å²) in [6.07, 6.45) is 2.80. The van der Waals surface area contributed by atoms with E-state index in [0.29, 0.717) is 0 Å². The summed E-state index contributed by atoms with van der Waals surface area (Å²) in [6.45, 7) is 3.06. The van der Waals surface area contributed by atoms with E-state index in [2.05, 4.69) is 22.4 Å². The molecule has 0 saturated heterocycles. The van der Waals surface area contributed by atoms with Gasteiger partial charge in [-0.3, -0.25) is 0 Å². The Balaban J connectivity index is 2.38. The van der Waals surface area contributed by atoms with Crippen molar-refractivity contribution < 1.29 is 5.11 Å². The Labute approximate surface area is 84.4 Å². The second-order valence-electron chi connectivity index (χ2n) is 3.16. The SMILES string of the molecule is CCCc1ccc(NCCCO)nn1. The highest BCUT2D eigenvalue weighted by Crippen LogP contribution is 2.03. The van der Waals surface area contributed by atoms with E-state index >= 15 is 0 Å². The smallest absolute Gasteiger partial charge is 0.148 e. The van der Waals surface area contributed by atoms with Crippen LogP contribution in [-0.4, -0.2) is 28.5 Å². The highest BCUT2D eigenvalue weighted by Gasteiger charge is 1.95. The number of nitrogens with zero attached hydrogens (tertiary/aromatic N) is 2. The van der Waals surface area contributed by atoms with Crippen LogP contribution in [0.1, 0.15) is 25.5 Å². The Morgan fingerprint density at radius 2 is 2.21 bits per heavy atom. The number of aliphatic hydroxyl groups is 1. The van der Waals surface area contributed by atoms with Gasteiger partial charge in [0.1, 0.15) is 5.82 Å². The molecule has 4 nitrogen and oxygen atoms in total. The van der Waals surface area contributed by atoms with Crippen molar-refractivity contribution in [1.82, 2.24) is 10.2 Å². The third kappa shape index (κ3) is 3.70. The van der Waals surface area contributed by atoms with Gasteiger partial charge in [0.2, 0.25) is 0 Å². The van der Waals surface area contributed by atoms with Gasteiger partial charge >= 0.3 is 0 Å². The Kier molecular flexibility index (Phi) is 4.93. The average molecular weight is 195 g/mol. The molecule has 0 radical (unpaired) electrons. The summed E-state index contributed by atoms with van der Waals surface area (Å²) in [5, 5.41) is 19.8. The van der Waals surface area contributed by atoms with Gasteiger partial charge in [0, 0.05) is 13.2 Å². The van der Waals surface area contributed by atoms with Crippen molar-refractivity contribution in [2.45, 2.75) is 26.2 Å². The molecule has 0 saturated carbocycles. The standard InChI is InChI=1S/C10H17N3O/c1-2-4-9-5-6-10(13-12-9)11-7-3-8-14/h5-6,14H,2-4,7-8H2,1H3,(H,11,13). The van der Waals surface area contributed by atoms with Gasteiger partial charge in [-0.2, -0.15) is 5.10 Å². The molecule has 1 aromatic heterocycles. The number of hydrogen-bond donors (Lipinski definition) is 2. The van der Waals surface area contributed by atoms with Crippen molar-refractivity contribution in [2.75, 3.05) is 18.5 Å². The highest BCUT2D eigenvalue weighted by atomic mass is 16.3. The van der Waals surface area contributed by atoms with Gasteiger partial charge in [-0.25, -0.2) is 0 Å². The summed E-state index contributed by atoms with van der Waals surface area (Å²) in [5.41, 5.74) is 1.03. The second-order valence-corrected chi connectivity index (χ2v) is 3.16. The van der Waals surface area contributed by atoms with Crippen molar-refractivity contribution >= 4 is 5.82 Å². The van der Waals surface area contributed by atoms with Crippen molar-refractivity contribution in [2.24, 2.45) is 0 Å². The van der Waals surface area contributed by atoms with E-state index in [9.17, 15) is 0 Å². The molecule has 78 valence electrons. The van der Waals surface area contributed by atoms with Crippen LogP contribution in [0.15, 0.2) is 12.1 Å². The first-order valence-corrected chi connectivity index (χ1v) is 5.04. The summed E-state index contributed by atoms with van der Waals surface area (Å²) in [5.74, 6) is 0.776. The quantitative estimate of drug-likeness (QED) is 0.670. The van der Waals surface area contributed by atoms with E-state index in [1.54, 1.807) is 0 Å². The largest absolute Gasteiger partial charge is 0.396 e. The van der Waals surface area contributed by atoms with Crippen LogP contribution in [0.25, 0.3) is 0 Å². The summed E-state index contributed by atoms with van der Waals surface area (Å²) >= 11 is 0. The molecule has 0 fully saturated rings. The Morgan fingerprint density at radius 1 is 1.36 bits per heavy atom. The zero-order valence-corrected chi connectivity index (χ0v) is 8.53. The number of nitrogens with one attached hydrogen (secondary N) is 1. The van der Waals surface area contributed by atoms with E-state index in [0.717, 1.165) is 37.3 Å². The molecular weight excluding hydrogens is 178 g/mol. The summed E-state index contributed by atoms with van der Waals surface area (Å²) < 4.78 is 0. The second kappa shape index (κ2) is 6.32. The molecule has 1 rings (SSSR count). The molecular formula is C10H17N3O. The van der Waals surface area contributed by atoms with Crippen molar-refractivity contribution in [3.8, 4) is 0 Å². The summed E-state index contributed by atoms with van der Waals surface area (Å²) in [4.78, 5) is 0. The third-order valence-corrected chi connectivity index (χ3v) is 1.87. The maximum Gasteiger partial charge on any atom is 0.148 e. The van der Waals surface area contributed by atoms with E-state index < -0.39 is 0 Å². The predicted octanol–water partition coefficient (Wildman–Crippen LogP) is 1.22. The van der Waals surface area contributed by atoms with Crippen LogP contribution < -0.4 is 5.32 Å². The van der Waals surface area contributed by atoms with E-state index in [4.69, 9.17) is 5.11 Å². The van der Waals surface area contributed by atoms with Crippen LogP contribution in [0.2, 0.25) is 0 Å². The molecule has 0 aliphatic carbocycles. The first-order chi connectivity index (χ1) is 6.86. The number of anilines is 1. The maximum atomic E-state index is 8.58. The number of aromatic nitrogens is 2. The molecule has 4 heteroatoms. The average Bonchev–Trinajstić information content (AvgIpc) is 2.21. The Hall–Kier alpha value is -1.16. The monoisotopic (exact) mass is 195 g/mol. The zero-order valence-electron chi connectivity index (χ0n) is 8.53. The van der Waals surface area contributed by atoms with Crippen molar-refractivity contribution in [3.63, 3.8) is 0 Å². The predicted molar refractivity (Wildman–Crippen MR) is 56.2 cm³/mol. The van der Waals surface area contributed by atoms with E-state index in [-0.39, 0.29) is 6.61 Å². The van der Waals surface area contributed by atoms with Crippen molar-refractivity contribution in [1.29, 1.82) is 0 Å². The fourth-order valence-electron chi connectivity index (χ4n) is 1.14. The molecule has 1 aromatic rings. The lowest BCUT2D eigenvalue weighted by Crippen LogP contribution is -2.06. The molecule has 0 spiro atoms. The van der Waals surface area contributed by atoms with Crippen LogP contribution in [0, 0.1) is 0 Å². The minimum Gasteiger partial charge on any atom is -0.396 e. The minimum atomic E-state index is 0.203. The first-order valence-electron chi connectivity index (χ1n) is 5.04. The molecule has 0 aromatic carbocycles. The number of hydrogen-bond acceptors (Lipinski definition) is 4. The van der Waals surface area contributed by atoms with Crippen LogP contribution >= 0.6 is 0 Å². The lowest BCUT2D eigenvalue weighted by molar-refractivity contribution is 0.292. The Morgan fingerprint density at radius 3 is 2.79 bits per heavy atom. The molecule has 0 unspecified atom stereocenters. The molecule has 0 amide bonds. The van der Waals surface area contributed by atoms with Crippen LogP contribution in [-0.2, 0) is 6.42 Å². The van der Waals surface area contributed by atoms with E-state index in [1.165, 1.54) is 0 Å². The van der Waals surface area contributed by atoms with Gasteiger partial charge in [0.15, 0.2) is 0 Å². The maximum absolute atomic E-state index is 8.58. The lowest BCUT2D eigenvalue weighted by Gasteiger charge is -2.03. The van der Waals surface area contributed by atoms with Gasteiger partial charge in [-0.05, 0) is 25.0 Å². The van der Waals surface area contributed by atoms with Gasteiger partial charge in [-0.15, -0.1) is 5.10 Å². The van der Waals surface area contributed by atoms with Gasteiger partial charge < -0.3 is 10.4 Å². The topological polar surface area (TPSA) is 58.0 Å². The molecule has 2 N–H and O–H groups in total. The van der Waals surface area contributed by atoms with Gasteiger partial charge in [0.05, 0.1) is 5.69 Å². The number of rotatable bonds is 6. The summed E-state index contributed by atoms with van der Waals surface area (Å²) in [7, 11) is 0. The minimum absolute atomic E-state index is 0.203. The molecule has 0 bridgehead atoms.